The Labute approximate surface area is 112 Å². The van der Waals surface area contributed by atoms with Crippen molar-refractivity contribution in [1.82, 2.24) is 5.32 Å². The Hall–Kier alpha value is -1.72. The van der Waals surface area contributed by atoms with Gasteiger partial charge in [0.15, 0.2) is 5.78 Å². The van der Waals surface area contributed by atoms with E-state index in [1.807, 2.05) is 0 Å². The number of esters is 1. The van der Waals surface area contributed by atoms with E-state index in [-0.39, 0.29) is 11.8 Å². The highest BCUT2D eigenvalue weighted by Gasteiger charge is 2.23. The molecule has 3 N–H and O–H groups in total. The van der Waals surface area contributed by atoms with Crippen LogP contribution >= 0.6 is 0 Å². The molecular formula is C14H18N2O3. The molecular weight excluding hydrogens is 244 g/mol. The van der Waals surface area contributed by atoms with Crippen LogP contribution in [0.4, 0.5) is 0 Å². The van der Waals surface area contributed by atoms with Gasteiger partial charge < -0.3 is 15.8 Å². The zero-order chi connectivity index (χ0) is 13.8. The average molecular weight is 262 g/mol. The van der Waals surface area contributed by atoms with E-state index in [0.717, 1.165) is 19.4 Å². The number of benzene rings is 1. The summed E-state index contributed by atoms with van der Waals surface area (Å²) in [4.78, 5) is 23.4. The summed E-state index contributed by atoms with van der Waals surface area (Å²) in [5.74, 6) is -0.00247. The number of carbonyl (C=O) groups is 2. The van der Waals surface area contributed by atoms with E-state index in [1.54, 1.807) is 31.2 Å². The van der Waals surface area contributed by atoms with Crippen LogP contribution in [0.3, 0.4) is 0 Å². The number of ether oxygens (including phenoxy) is 1. The monoisotopic (exact) mass is 262 g/mol. The highest BCUT2D eigenvalue weighted by atomic mass is 16.5. The fourth-order valence-electron chi connectivity index (χ4n) is 2.01. The second-order valence-corrected chi connectivity index (χ2v) is 4.75. The van der Waals surface area contributed by atoms with Gasteiger partial charge in [0.25, 0.3) is 0 Å². The van der Waals surface area contributed by atoms with Gasteiger partial charge in [0.1, 0.15) is 11.8 Å². The van der Waals surface area contributed by atoms with Crippen molar-refractivity contribution in [2.45, 2.75) is 31.8 Å². The Morgan fingerprint density at radius 1 is 1.37 bits per heavy atom. The number of rotatable bonds is 4. The lowest BCUT2D eigenvalue weighted by Gasteiger charge is -2.10. The van der Waals surface area contributed by atoms with Crippen molar-refractivity contribution in [3.8, 4) is 5.75 Å². The lowest BCUT2D eigenvalue weighted by molar-refractivity contribution is -0.135. The van der Waals surface area contributed by atoms with Crippen molar-refractivity contribution in [3.05, 3.63) is 29.8 Å². The third-order valence-corrected chi connectivity index (χ3v) is 3.11. The van der Waals surface area contributed by atoms with Gasteiger partial charge in [-0.3, -0.25) is 4.79 Å². The Kier molecular flexibility index (Phi) is 4.29. The van der Waals surface area contributed by atoms with Crippen LogP contribution in [0.25, 0.3) is 0 Å². The number of nitrogens with two attached hydrogens (primary N) is 1. The molecule has 102 valence electrons. The summed E-state index contributed by atoms with van der Waals surface area (Å²) in [5, 5.41) is 3.17. The summed E-state index contributed by atoms with van der Waals surface area (Å²) in [6.07, 6.45) is 1.90. The van der Waals surface area contributed by atoms with Crippen molar-refractivity contribution >= 4 is 11.8 Å². The fraction of sp³-hybridized carbons (Fsp3) is 0.429. The minimum atomic E-state index is -0.663. The number of Topliss-reactive ketones (excluding diaryl/α,β-unsaturated/α-hetero) is 1. The van der Waals surface area contributed by atoms with Gasteiger partial charge in [-0.25, -0.2) is 4.79 Å². The molecule has 0 aliphatic carbocycles. The molecule has 0 unspecified atom stereocenters. The van der Waals surface area contributed by atoms with Gasteiger partial charge in [0.2, 0.25) is 0 Å². The van der Waals surface area contributed by atoms with Crippen LogP contribution in [0.15, 0.2) is 24.3 Å². The predicted octanol–water partition coefficient (Wildman–Crippen LogP) is 0.874. The van der Waals surface area contributed by atoms with E-state index < -0.39 is 12.0 Å². The third-order valence-electron chi connectivity index (χ3n) is 3.11. The molecule has 0 amide bonds. The van der Waals surface area contributed by atoms with Crippen molar-refractivity contribution in [2.75, 3.05) is 6.54 Å². The second kappa shape index (κ2) is 5.95. The van der Waals surface area contributed by atoms with Crippen LogP contribution < -0.4 is 15.8 Å². The first-order valence-corrected chi connectivity index (χ1v) is 6.43. The summed E-state index contributed by atoms with van der Waals surface area (Å²) >= 11 is 0. The molecule has 1 aromatic carbocycles. The molecule has 0 bridgehead atoms. The molecule has 1 aliphatic heterocycles. The van der Waals surface area contributed by atoms with Crippen molar-refractivity contribution in [3.63, 3.8) is 0 Å². The molecule has 1 fully saturated rings. The lowest BCUT2D eigenvalue weighted by Crippen LogP contribution is -2.31. The Balaban J connectivity index is 2.01. The number of carbonyl (C=O) groups excluding carboxylic acids is 2. The number of nitrogens with one attached hydrogen (secondary N) is 1. The standard InChI is InChI=1S/C14H18N2O3/c1-9(15)14(18)19-11-6-4-10(5-7-11)13(17)12-3-2-8-16-12/h4-7,9,12,16H,2-3,8,15H2,1H3/t9-,12-/m0/s1. The van der Waals surface area contributed by atoms with Crippen LogP contribution in [-0.4, -0.2) is 30.4 Å². The normalized spacial score (nSPS) is 20.0. The summed E-state index contributed by atoms with van der Waals surface area (Å²) < 4.78 is 5.05. The van der Waals surface area contributed by atoms with Crippen molar-refractivity contribution < 1.29 is 14.3 Å². The van der Waals surface area contributed by atoms with Crippen LogP contribution in [0.2, 0.25) is 0 Å². The van der Waals surface area contributed by atoms with Crippen LogP contribution in [-0.2, 0) is 4.79 Å². The summed E-state index contributed by atoms with van der Waals surface area (Å²) in [7, 11) is 0. The van der Waals surface area contributed by atoms with Crippen LogP contribution in [0.5, 0.6) is 5.75 Å². The Bertz CT molecular complexity index is 462. The van der Waals surface area contributed by atoms with E-state index in [0.29, 0.717) is 11.3 Å². The molecule has 0 radical (unpaired) electrons. The molecule has 1 saturated heterocycles. The van der Waals surface area contributed by atoms with E-state index in [1.165, 1.54) is 0 Å². The largest absolute Gasteiger partial charge is 0.425 e. The van der Waals surface area contributed by atoms with E-state index in [2.05, 4.69) is 5.32 Å². The van der Waals surface area contributed by atoms with E-state index in [9.17, 15) is 9.59 Å². The molecule has 1 aliphatic rings. The number of hydrogen-bond donors (Lipinski definition) is 2. The molecule has 0 spiro atoms. The van der Waals surface area contributed by atoms with Crippen molar-refractivity contribution in [2.24, 2.45) is 5.73 Å². The van der Waals surface area contributed by atoms with Gasteiger partial charge in [-0.05, 0) is 50.6 Å². The maximum Gasteiger partial charge on any atom is 0.328 e. The van der Waals surface area contributed by atoms with Gasteiger partial charge >= 0.3 is 5.97 Å². The van der Waals surface area contributed by atoms with Gasteiger partial charge in [0, 0.05) is 5.56 Å². The van der Waals surface area contributed by atoms with Gasteiger partial charge in [0.05, 0.1) is 6.04 Å². The molecule has 0 saturated carbocycles. The first-order chi connectivity index (χ1) is 9.08. The Morgan fingerprint density at radius 2 is 2.05 bits per heavy atom. The summed E-state index contributed by atoms with van der Waals surface area (Å²) in [5.41, 5.74) is 6.03. The zero-order valence-electron chi connectivity index (χ0n) is 10.9. The molecule has 2 atom stereocenters. The first kappa shape index (κ1) is 13.7. The number of ketones is 1. The molecule has 0 aromatic heterocycles. The van der Waals surface area contributed by atoms with E-state index >= 15 is 0 Å². The molecule has 5 nitrogen and oxygen atoms in total. The molecule has 5 heteroatoms. The summed E-state index contributed by atoms with van der Waals surface area (Å²) in [6.45, 7) is 2.45. The average Bonchev–Trinajstić information content (AvgIpc) is 2.92. The van der Waals surface area contributed by atoms with Crippen LogP contribution in [0.1, 0.15) is 30.1 Å². The maximum atomic E-state index is 12.1. The highest BCUT2D eigenvalue weighted by Crippen LogP contribution is 2.16. The van der Waals surface area contributed by atoms with Gasteiger partial charge in [-0.1, -0.05) is 0 Å². The quantitative estimate of drug-likeness (QED) is 0.478. The Morgan fingerprint density at radius 3 is 2.58 bits per heavy atom. The van der Waals surface area contributed by atoms with Gasteiger partial charge in [-0.2, -0.15) is 0 Å². The SMILES string of the molecule is C[C@H](N)C(=O)Oc1ccc(C(=O)[C@@H]2CCCN2)cc1. The maximum absolute atomic E-state index is 12.1. The minimum Gasteiger partial charge on any atom is -0.425 e. The van der Waals surface area contributed by atoms with Crippen LogP contribution in [0, 0.1) is 0 Å². The van der Waals surface area contributed by atoms with E-state index in [4.69, 9.17) is 10.5 Å². The predicted molar refractivity (Wildman–Crippen MR) is 71.1 cm³/mol. The second-order valence-electron chi connectivity index (χ2n) is 4.75. The number of hydrogen-bond acceptors (Lipinski definition) is 5. The highest BCUT2D eigenvalue weighted by molar-refractivity contribution is 6.00. The lowest BCUT2D eigenvalue weighted by atomic mass is 10.0. The zero-order valence-corrected chi connectivity index (χ0v) is 10.9. The minimum absolute atomic E-state index is 0.0857. The third kappa shape index (κ3) is 3.39. The molecule has 1 aromatic rings. The smallest absolute Gasteiger partial charge is 0.328 e. The van der Waals surface area contributed by atoms with Gasteiger partial charge in [-0.15, -0.1) is 0 Å². The topological polar surface area (TPSA) is 81.4 Å². The molecule has 19 heavy (non-hydrogen) atoms. The first-order valence-electron chi connectivity index (χ1n) is 6.43. The summed E-state index contributed by atoms with van der Waals surface area (Å²) in [6, 6.07) is 5.82. The fourth-order valence-corrected chi connectivity index (χ4v) is 2.01. The molecule has 1 heterocycles. The van der Waals surface area contributed by atoms with Crippen molar-refractivity contribution in [1.29, 1.82) is 0 Å². The molecule has 2 rings (SSSR count).